The number of benzene rings is 1. The Balaban J connectivity index is 1.44. The minimum absolute atomic E-state index is 0.0380. The summed E-state index contributed by atoms with van der Waals surface area (Å²) in [6, 6.07) is 13.9. The molecule has 132 valence electrons. The predicted molar refractivity (Wildman–Crippen MR) is 95.6 cm³/mol. The third-order valence-electron chi connectivity index (χ3n) is 5.09. The van der Waals surface area contributed by atoms with Crippen LogP contribution in [0.1, 0.15) is 18.1 Å². The third kappa shape index (κ3) is 3.78. The first-order chi connectivity index (χ1) is 12.3. The van der Waals surface area contributed by atoms with Crippen molar-refractivity contribution < 1.29 is 13.9 Å². The number of furan rings is 1. The topological polar surface area (TPSA) is 45.9 Å². The molecule has 2 fully saturated rings. The van der Waals surface area contributed by atoms with E-state index in [1.54, 1.807) is 6.26 Å². The summed E-state index contributed by atoms with van der Waals surface area (Å²) in [5.41, 5.74) is 0.978. The van der Waals surface area contributed by atoms with Gasteiger partial charge in [0.25, 0.3) is 0 Å². The first-order valence-electron chi connectivity index (χ1n) is 9.03. The van der Waals surface area contributed by atoms with Crippen LogP contribution < -0.4 is 4.90 Å². The Morgan fingerprint density at radius 3 is 2.64 bits per heavy atom. The van der Waals surface area contributed by atoms with Gasteiger partial charge in [0, 0.05) is 43.7 Å². The van der Waals surface area contributed by atoms with E-state index in [4.69, 9.17) is 9.15 Å². The van der Waals surface area contributed by atoms with Crippen LogP contribution in [-0.2, 0) is 9.53 Å². The number of amides is 1. The number of hydrogen-bond donors (Lipinski definition) is 0. The molecule has 4 rings (SSSR count). The van der Waals surface area contributed by atoms with Gasteiger partial charge in [-0.1, -0.05) is 18.2 Å². The van der Waals surface area contributed by atoms with E-state index in [0.29, 0.717) is 6.54 Å². The van der Waals surface area contributed by atoms with E-state index in [2.05, 4.69) is 4.90 Å². The SMILES string of the molecule is O=C([C@@H]1C[C@H]1c1ccco1)N(CCN1CCOCC1)c1ccccc1. The Hall–Kier alpha value is -2.11. The monoisotopic (exact) mass is 340 g/mol. The lowest BCUT2D eigenvalue weighted by atomic mass is 10.2. The van der Waals surface area contributed by atoms with Gasteiger partial charge in [-0.05, 0) is 30.7 Å². The summed E-state index contributed by atoms with van der Waals surface area (Å²) < 4.78 is 10.9. The van der Waals surface area contributed by atoms with Crippen molar-refractivity contribution in [3.8, 4) is 0 Å². The van der Waals surface area contributed by atoms with E-state index in [1.165, 1.54) is 0 Å². The maximum Gasteiger partial charge on any atom is 0.230 e. The van der Waals surface area contributed by atoms with Crippen molar-refractivity contribution in [3.05, 3.63) is 54.5 Å². The average Bonchev–Trinajstić information content (AvgIpc) is 3.28. The second kappa shape index (κ2) is 7.42. The zero-order valence-electron chi connectivity index (χ0n) is 14.3. The van der Waals surface area contributed by atoms with Crippen LogP contribution in [0.3, 0.4) is 0 Å². The highest BCUT2D eigenvalue weighted by molar-refractivity contribution is 5.97. The molecule has 2 aromatic rings. The number of ether oxygens (including phenoxy) is 1. The lowest BCUT2D eigenvalue weighted by molar-refractivity contribution is -0.120. The quantitative estimate of drug-likeness (QED) is 0.811. The summed E-state index contributed by atoms with van der Waals surface area (Å²) in [4.78, 5) is 17.4. The number of para-hydroxylation sites is 1. The molecule has 0 N–H and O–H groups in total. The predicted octanol–water partition coefficient (Wildman–Crippen LogP) is 2.75. The Morgan fingerprint density at radius 1 is 1.12 bits per heavy atom. The maximum absolute atomic E-state index is 13.1. The number of anilines is 1. The minimum Gasteiger partial charge on any atom is -0.469 e. The minimum atomic E-state index is 0.0380. The molecule has 0 radical (unpaired) electrons. The molecule has 5 nitrogen and oxygen atoms in total. The Labute approximate surface area is 148 Å². The van der Waals surface area contributed by atoms with Crippen molar-refractivity contribution in [2.75, 3.05) is 44.3 Å². The molecule has 1 aliphatic carbocycles. The fourth-order valence-electron chi connectivity index (χ4n) is 3.53. The van der Waals surface area contributed by atoms with Gasteiger partial charge in [-0.2, -0.15) is 0 Å². The van der Waals surface area contributed by atoms with Crippen LogP contribution in [0.15, 0.2) is 53.1 Å². The number of carbonyl (C=O) groups is 1. The van der Waals surface area contributed by atoms with Crippen molar-refractivity contribution >= 4 is 11.6 Å². The Morgan fingerprint density at radius 2 is 1.92 bits per heavy atom. The van der Waals surface area contributed by atoms with E-state index in [0.717, 1.165) is 50.7 Å². The number of nitrogens with zero attached hydrogens (tertiary/aromatic N) is 2. The lowest BCUT2D eigenvalue weighted by Crippen LogP contribution is -2.43. The van der Waals surface area contributed by atoms with Gasteiger partial charge in [0.05, 0.1) is 19.5 Å². The summed E-state index contributed by atoms with van der Waals surface area (Å²) >= 11 is 0. The van der Waals surface area contributed by atoms with Gasteiger partial charge in [-0.15, -0.1) is 0 Å². The summed E-state index contributed by atoms with van der Waals surface area (Å²) in [5.74, 6) is 1.41. The molecule has 1 amide bonds. The normalized spacial score (nSPS) is 23.4. The van der Waals surface area contributed by atoms with Crippen LogP contribution >= 0.6 is 0 Å². The van der Waals surface area contributed by atoms with E-state index in [1.807, 2.05) is 47.4 Å². The molecule has 2 heterocycles. The van der Waals surface area contributed by atoms with Crippen molar-refractivity contribution in [3.63, 3.8) is 0 Å². The first-order valence-corrected chi connectivity index (χ1v) is 9.03. The lowest BCUT2D eigenvalue weighted by Gasteiger charge is -2.30. The number of morpholine rings is 1. The zero-order chi connectivity index (χ0) is 17.1. The highest BCUT2D eigenvalue weighted by atomic mass is 16.5. The fraction of sp³-hybridized carbons (Fsp3) is 0.450. The molecule has 2 aliphatic rings. The summed E-state index contributed by atoms with van der Waals surface area (Å²) in [7, 11) is 0. The molecule has 5 heteroatoms. The Kier molecular flexibility index (Phi) is 4.85. The molecule has 0 unspecified atom stereocenters. The molecule has 0 spiro atoms. The fourth-order valence-corrected chi connectivity index (χ4v) is 3.53. The van der Waals surface area contributed by atoms with Gasteiger partial charge >= 0.3 is 0 Å². The molecule has 1 aromatic carbocycles. The summed E-state index contributed by atoms with van der Waals surface area (Å²) in [6.45, 7) is 5.03. The van der Waals surface area contributed by atoms with E-state index in [9.17, 15) is 4.79 Å². The first kappa shape index (κ1) is 16.4. The maximum atomic E-state index is 13.1. The smallest absolute Gasteiger partial charge is 0.230 e. The molecule has 1 aliphatic heterocycles. The van der Waals surface area contributed by atoms with Gasteiger partial charge in [-0.25, -0.2) is 0 Å². The molecule has 0 bridgehead atoms. The zero-order valence-corrected chi connectivity index (χ0v) is 14.3. The second-order valence-electron chi connectivity index (χ2n) is 6.74. The van der Waals surface area contributed by atoms with Crippen LogP contribution in [0.5, 0.6) is 0 Å². The second-order valence-corrected chi connectivity index (χ2v) is 6.74. The van der Waals surface area contributed by atoms with Gasteiger partial charge in [0.1, 0.15) is 5.76 Å². The largest absolute Gasteiger partial charge is 0.469 e. The van der Waals surface area contributed by atoms with Crippen LogP contribution in [-0.4, -0.2) is 50.2 Å². The number of rotatable bonds is 6. The van der Waals surface area contributed by atoms with E-state index in [-0.39, 0.29) is 17.7 Å². The Bertz CT molecular complexity index is 680. The van der Waals surface area contributed by atoms with E-state index < -0.39 is 0 Å². The standard InChI is InChI=1S/C20H24N2O3/c23-20(18-15-17(18)19-7-4-12-25-19)22(16-5-2-1-3-6-16)9-8-21-10-13-24-14-11-21/h1-7,12,17-18H,8-11,13-15H2/t17-,18-/m1/s1. The van der Waals surface area contributed by atoms with Crippen molar-refractivity contribution in [1.82, 2.24) is 4.90 Å². The van der Waals surface area contributed by atoms with Crippen molar-refractivity contribution in [2.45, 2.75) is 12.3 Å². The van der Waals surface area contributed by atoms with Gasteiger partial charge in [-0.3, -0.25) is 9.69 Å². The van der Waals surface area contributed by atoms with Crippen molar-refractivity contribution in [1.29, 1.82) is 0 Å². The number of hydrogen-bond acceptors (Lipinski definition) is 4. The molecule has 1 aromatic heterocycles. The molecule has 2 atom stereocenters. The summed E-state index contributed by atoms with van der Waals surface area (Å²) in [6.07, 6.45) is 2.57. The van der Waals surface area contributed by atoms with Crippen LogP contribution in [0.4, 0.5) is 5.69 Å². The highest BCUT2D eigenvalue weighted by Gasteiger charge is 2.47. The molecular weight excluding hydrogens is 316 g/mol. The molecular formula is C20H24N2O3. The van der Waals surface area contributed by atoms with E-state index >= 15 is 0 Å². The molecule has 25 heavy (non-hydrogen) atoms. The molecule has 1 saturated heterocycles. The molecule has 1 saturated carbocycles. The third-order valence-corrected chi connectivity index (χ3v) is 5.09. The van der Waals surface area contributed by atoms with Gasteiger partial charge < -0.3 is 14.1 Å². The average molecular weight is 340 g/mol. The van der Waals surface area contributed by atoms with Crippen LogP contribution in [0, 0.1) is 5.92 Å². The van der Waals surface area contributed by atoms with Crippen LogP contribution in [0.25, 0.3) is 0 Å². The number of carbonyl (C=O) groups excluding carboxylic acids is 1. The highest BCUT2D eigenvalue weighted by Crippen LogP contribution is 2.49. The van der Waals surface area contributed by atoms with Crippen LogP contribution in [0.2, 0.25) is 0 Å². The van der Waals surface area contributed by atoms with Gasteiger partial charge in [0.15, 0.2) is 0 Å². The van der Waals surface area contributed by atoms with Crippen molar-refractivity contribution in [2.24, 2.45) is 5.92 Å². The summed E-state index contributed by atoms with van der Waals surface area (Å²) in [5, 5.41) is 0. The van der Waals surface area contributed by atoms with Gasteiger partial charge in [0.2, 0.25) is 5.91 Å².